The number of benzene rings is 1. The van der Waals surface area contributed by atoms with Gasteiger partial charge in [0.1, 0.15) is 6.67 Å². The predicted molar refractivity (Wildman–Crippen MR) is 64.1 cm³/mol. The molecule has 88 valence electrons. The number of piperazine rings is 1. The molecule has 0 aliphatic carbocycles. The first-order valence-electron chi connectivity index (χ1n) is 5.82. The summed E-state index contributed by atoms with van der Waals surface area (Å²) in [6.45, 7) is 3.51. The van der Waals surface area contributed by atoms with Gasteiger partial charge in [-0.3, -0.25) is 9.80 Å². The molecule has 0 bridgehead atoms. The molecule has 1 atom stereocenters. The molecule has 2 rings (SSSR count). The van der Waals surface area contributed by atoms with Gasteiger partial charge in [0, 0.05) is 26.2 Å². The summed E-state index contributed by atoms with van der Waals surface area (Å²) in [5.41, 5.74) is 1.31. The number of halogens is 1. The van der Waals surface area contributed by atoms with Gasteiger partial charge in [-0.2, -0.15) is 0 Å². The third kappa shape index (κ3) is 2.80. The van der Waals surface area contributed by atoms with Crippen molar-refractivity contribution in [2.45, 2.75) is 12.6 Å². The van der Waals surface area contributed by atoms with Crippen molar-refractivity contribution in [3.63, 3.8) is 0 Å². The standard InChI is InChI=1S/C13H19FN2/c1-15-7-8-16(11-13(15)9-14)10-12-5-3-2-4-6-12/h2-6,13H,7-11H2,1H3/t13-/m1/s1. The maximum atomic E-state index is 12.8. The number of likely N-dealkylation sites (N-methyl/N-ethyl adjacent to an activating group) is 1. The number of rotatable bonds is 3. The predicted octanol–water partition coefficient (Wildman–Crippen LogP) is 1.77. The Labute approximate surface area is 96.7 Å². The summed E-state index contributed by atoms with van der Waals surface area (Å²) in [6, 6.07) is 10.5. The lowest BCUT2D eigenvalue weighted by atomic mass is 10.1. The molecule has 0 spiro atoms. The molecule has 1 saturated heterocycles. The molecule has 0 N–H and O–H groups in total. The number of alkyl halides is 1. The Balaban J connectivity index is 1.92. The first kappa shape index (κ1) is 11.6. The topological polar surface area (TPSA) is 6.48 Å². The Morgan fingerprint density at radius 3 is 2.69 bits per heavy atom. The summed E-state index contributed by atoms with van der Waals surface area (Å²) in [5.74, 6) is 0. The van der Waals surface area contributed by atoms with E-state index in [-0.39, 0.29) is 12.7 Å². The van der Waals surface area contributed by atoms with Gasteiger partial charge in [-0.05, 0) is 12.6 Å². The molecule has 0 unspecified atom stereocenters. The van der Waals surface area contributed by atoms with Crippen molar-refractivity contribution in [2.24, 2.45) is 0 Å². The quantitative estimate of drug-likeness (QED) is 0.769. The Bertz CT molecular complexity index is 315. The summed E-state index contributed by atoms with van der Waals surface area (Å²) in [7, 11) is 2.00. The average Bonchev–Trinajstić information content (AvgIpc) is 2.33. The SMILES string of the molecule is CN1CCN(Cc2ccccc2)C[C@H]1CF. The molecule has 0 amide bonds. The Hall–Kier alpha value is -0.930. The Morgan fingerprint density at radius 2 is 2.00 bits per heavy atom. The van der Waals surface area contributed by atoms with Gasteiger partial charge in [0.15, 0.2) is 0 Å². The molecule has 2 nitrogen and oxygen atoms in total. The van der Waals surface area contributed by atoms with Crippen molar-refractivity contribution >= 4 is 0 Å². The van der Waals surface area contributed by atoms with Crippen LogP contribution < -0.4 is 0 Å². The van der Waals surface area contributed by atoms with E-state index in [4.69, 9.17) is 0 Å². The van der Waals surface area contributed by atoms with Gasteiger partial charge in [-0.15, -0.1) is 0 Å². The van der Waals surface area contributed by atoms with Crippen molar-refractivity contribution < 1.29 is 4.39 Å². The summed E-state index contributed by atoms with van der Waals surface area (Å²) < 4.78 is 12.8. The highest BCUT2D eigenvalue weighted by atomic mass is 19.1. The van der Waals surface area contributed by atoms with Crippen molar-refractivity contribution in [3.8, 4) is 0 Å². The van der Waals surface area contributed by atoms with Crippen LogP contribution in [0.15, 0.2) is 30.3 Å². The highest BCUT2D eigenvalue weighted by Crippen LogP contribution is 2.12. The van der Waals surface area contributed by atoms with Gasteiger partial charge in [0.2, 0.25) is 0 Å². The highest BCUT2D eigenvalue weighted by molar-refractivity contribution is 5.14. The summed E-state index contributed by atoms with van der Waals surface area (Å²) in [6.07, 6.45) is 0. The minimum Gasteiger partial charge on any atom is -0.298 e. The fraction of sp³-hybridized carbons (Fsp3) is 0.538. The van der Waals surface area contributed by atoms with E-state index in [1.165, 1.54) is 5.56 Å². The van der Waals surface area contributed by atoms with Crippen LogP contribution in [0.25, 0.3) is 0 Å². The molecule has 16 heavy (non-hydrogen) atoms. The van der Waals surface area contributed by atoms with E-state index in [0.29, 0.717) is 0 Å². The zero-order valence-electron chi connectivity index (χ0n) is 9.77. The second kappa shape index (κ2) is 5.41. The van der Waals surface area contributed by atoms with E-state index in [1.54, 1.807) is 0 Å². The third-order valence-electron chi connectivity index (χ3n) is 3.29. The second-order valence-corrected chi connectivity index (χ2v) is 4.51. The van der Waals surface area contributed by atoms with Crippen LogP contribution in [-0.2, 0) is 6.54 Å². The lowest BCUT2D eigenvalue weighted by Gasteiger charge is -2.38. The zero-order valence-corrected chi connectivity index (χ0v) is 9.77. The van der Waals surface area contributed by atoms with E-state index >= 15 is 0 Å². The molecule has 1 heterocycles. The van der Waals surface area contributed by atoms with Crippen LogP contribution in [0.2, 0.25) is 0 Å². The molecule has 1 aromatic carbocycles. The lowest BCUT2D eigenvalue weighted by molar-refractivity contribution is 0.0755. The van der Waals surface area contributed by atoms with Crippen LogP contribution in [0.4, 0.5) is 4.39 Å². The summed E-state index contributed by atoms with van der Waals surface area (Å²) in [4.78, 5) is 4.45. The largest absolute Gasteiger partial charge is 0.298 e. The van der Waals surface area contributed by atoms with Gasteiger partial charge >= 0.3 is 0 Å². The molecule has 0 radical (unpaired) electrons. The minimum atomic E-state index is -0.248. The number of nitrogens with zero attached hydrogens (tertiary/aromatic N) is 2. The van der Waals surface area contributed by atoms with E-state index < -0.39 is 0 Å². The molecule has 1 aliphatic rings. The first-order valence-corrected chi connectivity index (χ1v) is 5.82. The van der Waals surface area contributed by atoms with Gasteiger partial charge in [0.25, 0.3) is 0 Å². The lowest BCUT2D eigenvalue weighted by Crippen LogP contribution is -2.51. The van der Waals surface area contributed by atoms with Gasteiger partial charge < -0.3 is 0 Å². The van der Waals surface area contributed by atoms with Gasteiger partial charge in [-0.25, -0.2) is 4.39 Å². The fourth-order valence-electron chi connectivity index (χ4n) is 2.16. The molecule has 0 aromatic heterocycles. The molecule has 1 fully saturated rings. The third-order valence-corrected chi connectivity index (χ3v) is 3.29. The van der Waals surface area contributed by atoms with E-state index in [2.05, 4.69) is 34.1 Å². The normalized spacial score (nSPS) is 23.5. The Kier molecular flexibility index (Phi) is 3.91. The molecular formula is C13H19FN2. The Morgan fingerprint density at radius 1 is 1.25 bits per heavy atom. The molecular weight excluding hydrogens is 203 g/mol. The van der Waals surface area contributed by atoms with Crippen molar-refractivity contribution in [2.75, 3.05) is 33.4 Å². The van der Waals surface area contributed by atoms with Crippen LogP contribution in [-0.4, -0.2) is 49.2 Å². The van der Waals surface area contributed by atoms with Crippen LogP contribution in [0.3, 0.4) is 0 Å². The first-order chi connectivity index (χ1) is 7.79. The average molecular weight is 222 g/mol. The number of hydrogen-bond donors (Lipinski definition) is 0. The second-order valence-electron chi connectivity index (χ2n) is 4.51. The zero-order chi connectivity index (χ0) is 11.4. The van der Waals surface area contributed by atoms with Crippen molar-refractivity contribution in [3.05, 3.63) is 35.9 Å². The fourth-order valence-corrected chi connectivity index (χ4v) is 2.16. The van der Waals surface area contributed by atoms with E-state index in [1.807, 2.05) is 13.1 Å². The van der Waals surface area contributed by atoms with Crippen molar-refractivity contribution in [1.82, 2.24) is 9.80 Å². The summed E-state index contributed by atoms with van der Waals surface area (Å²) in [5, 5.41) is 0. The van der Waals surface area contributed by atoms with Gasteiger partial charge in [0.05, 0.1) is 6.04 Å². The monoisotopic (exact) mass is 222 g/mol. The molecule has 1 aliphatic heterocycles. The molecule has 1 aromatic rings. The van der Waals surface area contributed by atoms with E-state index in [0.717, 1.165) is 26.2 Å². The van der Waals surface area contributed by atoms with Crippen molar-refractivity contribution in [1.29, 1.82) is 0 Å². The highest BCUT2D eigenvalue weighted by Gasteiger charge is 2.23. The maximum Gasteiger partial charge on any atom is 0.106 e. The van der Waals surface area contributed by atoms with Crippen LogP contribution >= 0.6 is 0 Å². The molecule has 0 saturated carbocycles. The molecule has 3 heteroatoms. The maximum absolute atomic E-state index is 12.8. The van der Waals surface area contributed by atoms with Crippen LogP contribution in [0.1, 0.15) is 5.56 Å². The van der Waals surface area contributed by atoms with Gasteiger partial charge in [-0.1, -0.05) is 30.3 Å². The number of hydrogen-bond acceptors (Lipinski definition) is 2. The van der Waals surface area contributed by atoms with Crippen LogP contribution in [0.5, 0.6) is 0 Å². The smallest absolute Gasteiger partial charge is 0.106 e. The summed E-state index contributed by atoms with van der Waals surface area (Å²) >= 11 is 0. The minimum absolute atomic E-state index is 0.0671. The van der Waals surface area contributed by atoms with E-state index in [9.17, 15) is 4.39 Å². The van der Waals surface area contributed by atoms with Crippen LogP contribution in [0, 0.1) is 0 Å².